The molecule has 4 aliphatic carbocycles. The van der Waals surface area contributed by atoms with E-state index >= 15 is 0 Å². The third-order valence-corrected chi connectivity index (χ3v) is 8.99. The third kappa shape index (κ3) is 5.28. The Balaban J connectivity index is 1.11. The van der Waals surface area contributed by atoms with E-state index in [1.165, 1.54) is 29.8 Å². The van der Waals surface area contributed by atoms with Gasteiger partial charge in [0.05, 0.1) is 6.26 Å². The van der Waals surface area contributed by atoms with E-state index in [0.717, 1.165) is 49.9 Å². The first-order valence-corrected chi connectivity index (χ1v) is 13.3. The molecule has 5 fully saturated rings. The van der Waals surface area contributed by atoms with Gasteiger partial charge in [-0.1, -0.05) is 0 Å². The summed E-state index contributed by atoms with van der Waals surface area (Å²) in [5.41, 5.74) is -0.0120. The zero-order chi connectivity index (χ0) is 21.4. The summed E-state index contributed by atoms with van der Waals surface area (Å²) in [6.07, 6.45) is 10.4. The smallest absolute Gasteiger partial charge is 0.315 e. The van der Waals surface area contributed by atoms with Crippen LogP contribution in [0.4, 0.5) is 4.79 Å². The molecule has 0 spiro atoms. The van der Waals surface area contributed by atoms with E-state index in [1.807, 2.05) is 0 Å². The predicted molar refractivity (Wildman–Crippen MR) is 114 cm³/mol. The van der Waals surface area contributed by atoms with Gasteiger partial charge in [-0.2, -0.15) is 0 Å². The quantitative estimate of drug-likeness (QED) is 0.557. The minimum absolute atomic E-state index is 0.0120. The molecule has 4 bridgehead atoms. The second-order valence-electron chi connectivity index (χ2n) is 10.2. The standard InChI is InChI=1S/C21H36N4O4S/c1-30(28,29)25-6-3-15(4-7-25)14-23-19(26)2-5-22-20(27)24-21-11-16-8-17(12-21)10-18(9-16)13-21/h15-18H,2-14H2,1H3,(H,23,26)(H2,22,24,27). The van der Waals surface area contributed by atoms with Crippen LogP contribution in [0.3, 0.4) is 0 Å². The number of carbonyl (C=O) groups excluding carboxylic acids is 2. The molecule has 5 rings (SSSR count). The van der Waals surface area contributed by atoms with E-state index < -0.39 is 10.0 Å². The molecule has 5 aliphatic rings. The predicted octanol–water partition coefficient (Wildman–Crippen LogP) is 1.43. The second-order valence-corrected chi connectivity index (χ2v) is 12.2. The summed E-state index contributed by atoms with van der Waals surface area (Å²) < 4.78 is 24.6. The van der Waals surface area contributed by atoms with Gasteiger partial charge in [0.25, 0.3) is 0 Å². The molecule has 170 valence electrons. The van der Waals surface area contributed by atoms with Crippen molar-refractivity contribution in [1.82, 2.24) is 20.3 Å². The molecule has 0 aromatic heterocycles. The molecular formula is C21H36N4O4S. The number of hydrogen-bond donors (Lipinski definition) is 3. The number of piperidine rings is 1. The maximum Gasteiger partial charge on any atom is 0.315 e. The van der Waals surface area contributed by atoms with Crippen LogP contribution in [0.2, 0.25) is 0 Å². The summed E-state index contributed by atoms with van der Waals surface area (Å²) in [5.74, 6) is 2.58. The molecule has 4 saturated carbocycles. The Kier molecular flexibility index (Phi) is 6.30. The van der Waals surface area contributed by atoms with Gasteiger partial charge in [0.2, 0.25) is 15.9 Å². The van der Waals surface area contributed by atoms with Gasteiger partial charge in [-0.05, 0) is 75.0 Å². The first kappa shape index (κ1) is 21.9. The number of rotatable bonds is 7. The van der Waals surface area contributed by atoms with Crippen LogP contribution in [-0.4, -0.2) is 62.6 Å². The number of urea groups is 1. The lowest BCUT2D eigenvalue weighted by Gasteiger charge is -2.56. The molecule has 8 nitrogen and oxygen atoms in total. The van der Waals surface area contributed by atoms with Crippen molar-refractivity contribution in [3.63, 3.8) is 0 Å². The number of amides is 3. The van der Waals surface area contributed by atoms with Crippen LogP contribution in [0.5, 0.6) is 0 Å². The lowest BCUT2D eigenvalue weighted by atomic mass is 9.53. The van der Waals surface area contributed by atoms with Crippen molar-refractivity contribution < 1.29 is 18.0 Å². The Bertz CT molecular complexity index is 726. The molecule has 3 N–H and O–H groups in total. The highest BCUT2D eigenvalue weighted by atomic mass is 32.2. The molecule has 0 aromatic rings. The fourth-order valence-corrected chi connectivity index (χ4v) is 7.50. The van der Waals surface area contributed by atoms with Crippen LogP contribution in [0.1, 0.15) is 57.8 Å². The van der Waals surface area contributed by atoms with Gasteiger partial charge in [-0.25, -0.2) is 17.5 Å². The van der Waals surface area contributed by atoms with E-state index in [0.29, 0.717) is 32.1 Å². The molecule has 0 atom stereocenters. The third-order valence-electron chi connectivity index (χ3n) is 7.68. The first-order valence-electron chi connectivity index (χ1n) is 11.5. The molecule has 1 saturated heterocycles. The van der Waals surface area contributed by atoms with Gasteiger partial charge in [0.1, 0.15) is 0 Å². The fourth-order valence-electron chi connectivity index (χ4n) is 6.63. The summed E-state index contributed by atoms with van der Waals surface area (Å²) >= 11 is 0. The summed E-state index contributed by atoms with van der Waals surface area (Å²) in [6.45, 7) is 1.93. The van der Waals surface area contributed by atoms with Crippen molar-refractivity contribution in [1.29, 1.82) is 0 Å². The van der Waals surface area contributed by atoms with Crippen LogP contribution in [0, 0.1) is 23.7 Å². The van der Waals surface area contributed by atoms with Crippen LogP contribution in [-0.2, 0) is 14.8 Å². The number of hydrogen-bond acceptors (Lipinski definition) is 4. The van der Waals surface area contributed by atoms with Gasteiger partial charge in [0, 0.05) is 38.1 Å². The highest BCUT2D eigenvalue weighted by molar-refractivity contribution is 7.88. The summed E-state index contributed by atoms with van der Waals surface area (Å²) in [4.78, 5) is 24.5. The summed E-state index contributed by atoms with van der Waals surface area (Å²) in [6, 6.07) is -0.141. The SMILES string of the molecule is CS(=O)(=O)N1CCC(CNC(=O)CCNC(=O)NC23CC4CC(CC(C4)C2)C3)CC1. The zero-order valence-electron chi connectivity index (χ0n) is 18.0. The first-order chi connectivity index (χ1) is 14.2. The molecule has 1 aliphatic heterocycles. The number of carbonyl (C=O) groups is 2. The van der Waals surface area contributed by atoms with E-state index in [-0.39, 0.29) is 23.9 Å². The Morgan fingerprint density at radius 2 is 1.53 bits per heavy atom. The van der Waals surface area contributed by atoms with Crippen molar-refractivity contribution >= 4 is 22.0 Å². The maximum atomic E-state index is 12.4. The van der Waals surface area contributed by atoms with Gasteiger partial charge in [-0.3, -0.25) is 4.79 Å². The Morgan fingerprint density at radius 1 is 0.967 bits per heavy atom. The van der Waals surface area contributed by atoms with Crippen molar-refractivity contribution in [2.75, 3.05) is 32.4 Å². The minimum atomic E-state index is -3.12. The molecule has 30 heavy (non-hydrogen) atoms. The van der Waals surface area contributed by atoms with Crippen LogP contribution in [0.25, 0.3) is 0 Å². The van der Waals surface area contributed by atoms with Gasteiger partial charge >= 0.3 is 6.03 Å². The van der Waals surface area contributed by atoms with Crippen molar-refractivity contribution in [2.24, 2.45) is 23.7 Å². The number of sulfonamides is 1. The molecule has 0 radical (unpaired) electrons. The topological polar surface area (TPSA) is 108 Å². The largest absolute Gasteiger partial charge is 0.356 e. The van der Waals surface area contributed by atoms with Crippen LogP contribution >= 0.6 is 0 Å². The van der Waals surface area contributed by atoms with Crippen molar-refractivity contribution in [2.45, 2.75) is 63.3 Å². The monoisotopic (exact) mass is 440 g/mol. The maximum absolute atomic E-state index is 12.4. The fraction of sp³-hybridized carbons (Fsp3) is 0.905. The Labute approximate surface area is 180 Å². The summed E-state index contributed by atoms with van der Waals surface area (Å²) in [7, 11) is -3.12. The molecule has 9 heteroatoms. The van der Waals surface area contributed by atoms with Crippen LogP contribution < -0.4 is 16.0 Å². The van der Waals surface area contributed by atoms with Gasteiger partial charge in [-0.15, -0.1) is 0 Å². The highest BCUT2D eigenvalue weighted by Gasteiger charge is 2.51. The van der Waals surface area contributed by atoms with Gasteiger partial charge < -0.3 is 16.0 Å². The molecule has 0 unspecified atom stereocenters. The summed E-state index contributed by atoms with van der Waals surface area (Å²) in [5, 5.41) is 9.06. The molecule has 0 aromatic carbocycles. The van der Waals surface area contributed by atoms with Crippen LogP contribution in [0.15, 0.2) is 0 Å². The van der Waals surface area contributed by atoms with E-state index in [2.05, 4.69) is 16.0 Å². The van der Waals surface area contributed by atoms with Crippen molar-refractivity contribution in [3.8, 4) is 0 Å². The molecule has 3 amide bonds. The lowest BCUT2D eigenvalue weighted by molar-refractivity contribution is -0.121. The lowest BCUT2D eigenvalue weighted by Crippen LogP contribution is -2.61. The number of nitrogens with one attached hydrogen (secondary N) is 3. The average Bonchev–Trinajstić information content (AvgIpc) is 2.64. The van der Waals surface area contributed by atoms with E-state index in [9.17, 15) is 18.0 Å². The van der Waals surface area contributed by atoms with Crippen molar-refractivity contribution in [3.05, 3.63) is 0 Å². The second kappa shape index (κ2) is 8.65. The average molecular weight is 441 g/mol. The number of nitrogens with zero attached hydrogens (tertiary/aromatic N) is 1. The Hall–Kier alpha value is -1.35. The molecule has 1 heterocycles. The minimum Gasteiger partial charge on any atom is -0.356 e. The Morgan fingerprint density at radius 3 is 2.07 bits per heavy atom. The highest BCUT2D eigenvalue weighted by Crippen LogP contribution is 2.55. The normalized spacial score (nSPS) is 34.0. The zero-order valence-corrected chi connectivity index (χ0v) is 18.8. The van der Waals surface area contributed by atoms with E-state index in [1.54, 1.807) is 0 Å². The van der Waals surface area contributed by atoms with Gasteiger partial charge in [0.15, 0.2) is 0 Å². The molecular weight excluding hydrogens is 404 g/mol. The van der Waals surface area contributed by atoms with E-state index in [4.69, 9.17) is 0 Å².